The predicted octanol–water partition coefficient (Wildman–Crippen LogP) is 1.85. The summed E-state index contributed by atoms with van der Waals surface area (Å²) in [5.41, 5.74) is 6.03. The molecule has 0 fully saturated rings. The van der Waals surface area contributed by atoms with Gasteiger partial charge in [-0.05, 0) is 25.3 Å². The van der Waals surface area contributed by atoms with E-state index in [0.29, 0.717) is 22.1 Å². The summed E-state index contributed by atoms with van der Waals surface area (Å²) in [6.07, 6.45) is 1.63. The van der Waals surface area contributed by atoms with Crippen molar-refractivity contribution in [3.05, 3.63) is 39.7 Å². The minimum Gasteiger partial charge on any atom is -0.444 e. The van der Waals surface area contributed by atoms with Gasteiger partial charge < -0.3 is 15.5 Å². The molecule has 0 aliphatic rings. The van der Waals surface area contributed by atoms with E-state index in [2.05, 4.69) is 22.1 Å². The molecule has 2 aromatic heterocycles. The summed E-state index contributed by atoms with van der Waals surface area (Å²) >= 11 is 1.34. The van der Waals surface area contributed by atoms with Gasteiger partial charge in [0.25, 0.3) is 5.91 Å². The molecule has 20 heavy (non-hydrogen) atoms. The molecule has 2 heterocycles. The first-order chi connectivity index (χ1) is 9.61. The number of thiophene rings is 1. The van der Waals surface area contributed by atoms with Crippen molar-refractivity contribution < 1.29 is 9.21 Å². The lowest BCUT2D eigenvalue weighted by atomic mass is 10.2. The Hall–Kier alpha value is -2.10. The number of amides is 1. The molecule has 1 unspecified atom stereocenters. The maximum absolute atomic E-state index is 12.2. The lowest BCUT2D eigenvalue weighted by Crippen LogP contribution is -2.26. The van der Waals surface area contributed by atoms with Crippen molar-refractivity contribution in [1.29, 1.82) is 0 Å². The molecule has 0 bridgehead atoms. The highest BCUT2D eigenvalue weighted by molar-refractivity contribution is 7.12. The molecular weight excluding hydrogens is 274 g/mol. The van der Waals surface area contributed by atoms with Crippen molar-refractivity contribution in [2.75, 3.05) is 6.54 Å². The predicted molar refractivity (Wildman–Crippen MR) is 77.4 cm³/mol. The Morgan fingerprint density at radius 3 is 3.10 bits per heavy atom. The number of nitrogens with two attached hydrogens (primary N) is 1. The van der Waals surface area contributed by atoms with Gasteiger partial charge in [-0.25, -0.2) is 4.98 Å². The maximum atomic E-state index is 12.2. The molecule has 104 valence electrons. The largest absolute Gasteiger partial charge is 0.444 e. The Bertz CT molecular complexity index is 663. The van der Waals surface area contributed by atoms with Gasteiger partial charge in [0.1, 0.15) is 16.7 Å². The van der Waals surface area contributed by atoms with Crippen LogP contribution in [0.5, 0.6) is 0 Å². The summed E-state index contributed by atoms with van der Waals surface area (Å²) in [6.45, 7) is 3.90. The van der Waals surface area contributed by atoms with Crippen molar-refractivity contribution in [1.82, 2.24) is 10.3 Å². The van der Waals surface area contributed by atoms with Crippen LogP contribution >= 0.6 is 11.3 Å². The van der Waals surface area contributed by atoms with Gasteiger partial charge in [0, 0.05) is 5.56 Å². The highest BCUT2D eigenvalue weighted by atomic mass is 32.1. The highest BCUT2D eigenvalue weighted by Crippen LogP contribution is 2.18. The SMILES string of the molecule is Cc1cnc(C(C)NC(=O)c2sccc2C#CCN)o1. The molecule has 0 saturated heterocycles. The molecule has 6 heteroatoms. The van der Waals surface area contributed by atoms with E-state index in [9.17, 15) is 4.79 Å². The normalized spacial score (nSPS) is 11.6. The molecule has 0 aliphatic carbocycles. The number of oxazole rings is 1. The van der Waals surface area contributed by atoms with Gasteiger partial charge >= 0.3 is 0 Å². The van der Waals surface area contributed by atoms with E-state index < -0.39 is 0 Å². The van der Waals surface area contributed by atoms with Crippen LogP contribution < -0.4 is 11.1 Å². The fourth-order valence-corrected chi connectivity index (χ4v) is 2.38. The van der Waals surface area contributed by atoms with Crippen LogP contribution in [0.15, 0.2) is 22.1 Å². The van der Waals surface area contributed by atoms with Crippen LogP contribution in [-0.2, 0) is 0 Å². The summed E-state index contributed by atoms with van der Waals surface area (Å²) in [5.74, 6) is 6.65. The number of carbonyl (C=O) groups is 1. The highest BCUT2D eigenvalue weighted by Gasteiger charge is 2.18. The molecule has 0 aliphatic heterocycles. The second-order valence-corrected chi connectivity index (χ2v) is 5.09. The Balaban J connectivity index is 2.10. The summed E-state index contributed by atoms with van der Waals surface area (Å²) in [4.78, 5) is 16.9. The van der Waals surface area contributed by atoms with Crippen LogP contribution in [0.1, 0.15) is 39.9 Å². The van der Waals surface area contributed by atoms with Crippen LogP contribution in [-0.4, -0.2) is 17.4 Å². The lowest BCUT2D eigenvalue weighted by Gasteiger charge is -2.09. The Kier molecular flexibility index (Phi) is 4.56. The van der Waals surface area contributed by atoms with E-state index in [1.54, 1.807) is 6.20 Å². The molecule has 2 rings (SSSR count). The first kappa shape index (κ1) is 14.3. The van der Waals surface area contributed by atoms with Crippen LogP contribution in [0.2, 0.25) is 0 Å². The van der Waals surface area contributed by atoms with Gasteiger partial charge in [0.2, 0.25) is 5.89 Å². The molecule has 1 amide bonds. The average molecular weight is 289 g/mol. The van der Waals surface area contributed by atoms with E-state index in [1.165, 1.54) is 11.3 Å². The summed E-state index contributed by atoms with van der Waals surface area (Å²) in [5, 5.41) is 4.67. The Morgan fingerprint density at radius 1 is 1.65 bits per heavy atom. The smallest absolute Gasteiger partial charge is 0.263 e. The number of rotatable bonds is 3. The minimum absolute atomic E-state index is 0.190. The van der Waals surface area contributed by atoms with E-state index >= 15 is 0 Å². The van der Waals surface area contributed by atoms with Crippen molar-refractivity contribution >= 4 is 17.2 Å². The van der Waals surface area contributed by atoms with E-state index in [1.807, 2.05) is 25.3 Å². The van der Waals surface area contributed by atoms with Crippen molar-refractivity contribution in [3.63, 3.8) is 0 Å². The zero-order chi connectivity index (χ0) is 14.5. The lowest BCUT2D eigenvalue weighted by molar-refractivity contribution is 0.0938. The Labute approximate surface area is 121 Å². The number of carbonyl (C=O) groups excluding carboxylic acids is 1. The van der Waals surface area contributed by atoms with Crippen LogP contribution in [0.4, 0.5) is 0 Å². The van der Waals surface area contributed by atoms with Gasteiger partial charge in [-0.15, -0.1) is 11.3 Å². The first-order valence-electron chi connectivity index (χ1n) is 6.11. The van der Waals surface area contributed by atoms with Gasteiger partial charge in [0.15, 0.2) is 0 Å². The van der Waals surface area contributed by atoms with Crippen LogP contribution in [0.25, 0.3) is 0 Å². The number of aryl methyl sites for hydroxylation is 1. The Morgan fingerprint density at radius 2 is 2.45 bits per heavy atom. The maximum Gasteiger partial charge on any atom is 0.263 e. The quantitative estimate of drug-likeness (QED) is 0.845. The van der Waals surface area contributed by atoms with E-state index in [-0.39, 0.29) is 18.5 Å². The summed E-state index contributed by atoms with van der Waals surface area (Å²) < 4.78 is 5.39. The van der Waals surface area contributed by atoms with Crippen molar-refractivity contribution in [2.24, 2.45) is 5.73 Å². The summed E-state index contributed by atoms with van der Waals surface area (Å²) in [6, 6.07) is 1.51. The molecule has 0 aromatic carbocycles. The molecule has 0 saturated carbocycles. The molecular formula is C14H15N3O2S. The zero-order valence-electron chi connectivity index (χ0n) is 11.3. The molecule has 5 nitrogen and oxygen atoms in total. The molecule has 0 spiro atoms. The van der Waals surface area contributed by atoms with Gasteiger partial charge in [-0.1, -0.05) is 11.8 Å². The fraction of sp³-hybridized carbons (Fsp3) is 0.286. The standard InChI is InChI=1S/C14H15N3O2S/c1-9-8-16-14(19-9)10(2)17-13(18)12-11(4-3-6-15)5-7-20-12/h5,7-8,10H,6,15H2,1-2H3,(H,17,18). The van der Waals surface area contributed by atoms with Crippen LogP contribution in [0, 0.1) is 18.8 Å². The number of nitrogens with zero attached hydrogens (tertiary/aromatic N) is 1. The van der Waals surface area contributed by atoms with Gasteiger partial charge in [-0.3, -0.25) is 4.79 Å². The number of hydrogen-bond acceptors (Lipinski definition) is 5. The van der Waals surface area contributed by atoms with Crippen LogP contribution in [0.3, 0.4) is 0 Å². The average Bonchev–Trinajstić information content (AvgIpc) is 3.04. The topological polar surface area (TPSA) is 81.2 Å². The second kappa shape index (κ2) is 6.37. The third kappa shape index (κ3) is 3.26. The number of hydrogen-bond donors (Lipinski definition) is 2. The molecule has 3 N–H and O–H groups in total. The minimum atomic E-state index is -0.298. The van der Waals surface area contributed by atoms with Crippen molar-refractivity contribution in [2.45, 2.75) is 19.9 Å². The molecule has 2 aromatic rings. The van der Waals surface area contributed by atoms with E-state index in [4.69, 9.17) is 10.2 Å². The molecule has 1 atom stereocenters. The zero-order valence-corrected chi connectivity index (χ0v) is 12.1. The monoisotopic (exact) mass is 289 g/mol. The number of aromatic nitrogens is 1. The van der Waals surface area contributed by atoms with Gasteiger partial charge in [0.05, 0.1) is 12.7 Å². The van der Waals surface area contributed by atoms with E-state index in [0.717, 1.165) is 0 Å². The van der Waals surface area contributed by atoms with Gasteiger partial charge in [-0.2, -0.15) is 0 Å². The third-order valence-corrected chi connectivity index (χ3v) is 3.47. The fourth-order valence-electron chi connectivity index (χ4n) is 1.63. The number of nitrogens with one attached hydrogen (secondary N) is 1. The summed E-state index contributed by atoms with van der Waals surface area (Å²) in [7, 11) is 0. The molecule has 0 radical (unpaired) electrons. The second-order valence-electron chi connectivity index (χ2n) is 4.17. The third-order valence-electron chi connectivity index (χ3n) is 2.55. The van der Waals surface area contributed by atoms with Crippen molar-refractivity contribution in [3.8, 4) is 11.8 Å². The first-order valence-corrected chi connectivity index (χ1v) is 6.99.